The lowest BCUT2D eigenvalue weighted by molar-refractivity contribution is -0.222. The van der Waals surface area contributed by atoms with Crippen LogP contribution in [-0.2, 0) is 0 Å². The van der Waals surface area contributed by atoms with E-state index >= 15 is 8.78 Å². The molecule has 2 aliphatic carbocycles. The van der Waals surface area contributed by atoms with Crippen LogP contribution in [0.25, 0.3) is 11.1 Å². The molecule has 0 bridgehead atoms. The van der Waals surface area contributed by atoms with Crippen molar-refractivity contribution in [3.8, 4) is 16.9 Å². The van der Waals surface area contributed by atoms with E-state index < -0.39 is 29.5 Å². The summed E-state index contributed by atoms with van der Waals surface area (Å²) < 4.78 is 76.4. The molecule has 2 aliphatic rings. The summed E-state index contributed by atoms with van der Waals surface area (Å²) in [7, 11) is 0. The SMILES string of the molecule is CC1CCC(c2ccc(C3CCC(C(F)(F)Oc4ccc(-c5ccc(F)c(F)c5)c(F)c4)CC3)cc2)CC1. The van der Waals surface area contributed by atoms with Crippen molar-refractivity contribution >= 4 is 0 Å². The topological polar surface area (TPSA) is 9.23 Å². The molecule has 0 aliphatic heterocycles. The summed E-state index contributed by atoms with van der Waals surface area (Å²) in [6, 6.07) is 15.1. The third kappa shape index (κ3) is 5.89. The van der Waals surface area contributed by atoms with Crippen molar-refractivity contribution in [3.63, 3.8) is 0 Å². The van der Waals surface area contributed by atoms with Crippen LogP contribution in [0, 0.1) is 29.3 Å². The number of hydrogen-bond acceptors (Lipinski definition) is 1. The maximum absolute atomic E-state index is 15.0. The van der Waals surface area contributed by atoms with Gasteiger partial charge in [-0.2, -0.15) is 8.78 Å². The van der Waals surface area contributed by atoms with Gasteiger partial charge in [-0.15, -0.1) is 0 Å². The van der Waals surface area contributed by atoms with Crippen LogP contribution in [0.2, 0.25) is 0 Å². The van der Waals surface area contributed by atoms with Gasteiger partial charge in [0.2, 0.25) is 0 Å². The fourth-order valence-corrected chi connectivity index (χ4v) is 6.09. The van der Waals surface area contributed by atoms with Crippen LogP contribution in [0.1, 0.15) is 81.3 Å². The lowest BCUT2D eigenvalue weighted by atomic mass is 9.76. The van der Waals surface area contributed by atoms with E-state index in [-0.39, 0.29) is 22.8 Å². The van der Waals surface area contributed by atoms with Gasteiger partial charge in [0.15, 0.2) is 11.6 Å². The van der Waals surface area contributed by atoms with Gasteiger partial charge in [-0.3, -0.25) is 0 Å². The second-order valence-corrected chi connectivity index (χ2v) is 11.1. The van der Waals surface area contributed by atoms with Gasteiger partial charge < -0.3 is 4.74 Å². The largest absolute Gasteiger partial charge is 0.432 e. The first kappa shape index (κ1) is 26.7. The van der Waals surface area contributed by atoms with E-state index in [2.05, 4.69) is 31.2 Å². The molecule has 3 aromatic rings. The Labute approximate surface area is 221 Å². The summed E-state index contributed by atoms with van der Waals surface area (Å²) in [5, 5.41) is 0. The van der Waals surface area contributed by atoms with Crippen molar-refractivity contribution < 1.29 is 26.7 Å². The first-order valence-corrected chi connectivity index (χ1v) is 13.6. The minimum atomic E-state index is -3.44. The molecule has 2 fully saturated rings. The Morgan fingerprint density at radius 3 is 1.76 bits per heavy atom. The van der Waals surface area contributed by atoms with E-state index in [1.165, 1.54) is 55.0 Å². The standard InChI is InChI=1S/C32H33F5O/c1-20-2-4-21(5-3-20)22-6-8-23(9-7-22)24-10-13-26(14-11-24)32(36,37)38-27-15-16-28(30(34)19-27)25-12-17-29(33)31(35)18-25/h6-9,12,15-21,24,26H,2-5,10-11,13-14H2,1H3. The van der Waals surface area contributed by atoms with Gasteiger partial charge in [-0.05, 0) is 97.2 Å². The molecular formula is C32H33F5O. The molecule has 202 valence electrons. The second-order valence-electron chi connectivity index (χ2n) is 11.1. The average molecular weight is 529 g/mol. The minimum absolute atomic E-state index is 0.0239. The van der Waals surface area contributed by atoms with Crippen LogP contribution in [0.4, 0.5) is 22.0 Å². The average Bonchev–Trinajstić information content (AvgIpc) is 2.91. The fourth-order valence-electron chi connectivity index (χ4n) is 6.09. The van der Waals surface area contributed by atoms with Crippen molar-refractivity contribution in [3.05, 3.63) is 89.2 Å². The Morgan fingerprint density at radius 2 is 1.21 bits per heavy atom. The molecule has 0 N–H and O–H groups in total. The highest BCUT2D eigenvalue weighted by molar-refractivity contribution is 5.65. The monoisotopic (exact) mass is 528 g/mol. The molecule has 1 nitrogen and oxygen atoms in total. The molecule has 0 aromatic heterocycles. The number of halogens is 5. The fraction of sp³-hybridized carbons (Fsp3) is 0.438. The quantitative estimate of drug-likeness (QED) is 0.289. The van der Waals surface area contributed by atoms with Gasteiger partial charge in [0.25, 0.3) is 0 Å². The van der Waals surface area contributed by atoms with E-state index in [4.69, 9.17) is 4.74 Å². The molecule has 0 amide bonds. The van der Waals surface area contributed by atoms with Gasteiger partial charge in [-0.1, -0.05) is 50.1 Å². The van der Waals surface area contributed by atoms with Crippen LogP contribution < -0.4 is 4.74 Å². The number of ether oxygens (including phenoxy) is 1. The molecule has 2 saturated carbocycles. The van der Waals surface area contributed by atoms with Crippen molar-refractivity contribution in [1.29, 1.82) is 0 Å². The zero-order chi connectivity index (χ0) is 26.9. The molecule has 0 atom stereocenters. The molecule has 0 spiro atoms. The number of hydrogen-bond donors (Lipinski definition) is 0. The van der Waals surface area contributed by atoms with Crippen LogP contribution in [0.5, 0.6) is 5.75 Å². The van der Waals surface area contributed by atoms with Gasteiger partial charge in [-0.25, -0.2) is 13.2 Å². The van der Waals surface area contributed by atoms with Crippen molar-refractivity contribution in [1.82, 2.24) is 0 Å². The lowest BCUT2D eigenvalue weighted by Gasteiger charge is -2.33. The third-order valence-electron chi connectivity index (χ3n) is 8.52. The molecule has 38 heavy (non-hydrogen) atoms. The van der Waals surface area contributed by atoms with Crippen LogP contribution in [0.3, 0.4) is 0 Å². The lowest BCUT2D eigenvalue weighted by Crippen LogP contribution is -2.37. The molecule has 0 radical (unpaired) electrons. The Kier molecular flexibility index (Phi) is 7.78. The first-order valence-electron chi connectivity index (χ1n) is 13.6. The molecule has 6 heteroatoms. The predicted octanol–water partition coefficient (Wildman–Crippen LogP) is 10.0. The normalized spacial score (nSPS) is 24.3. The van der Waals surface area contributed by atoms with E-state index in [9.17, 15) is 13.2 Å². The van der Waals surface area contributed by atoms with Gasteiger partial charge in [0, 0.05) is 11.6 Å². The van der Waals surface area contributed by atoms with Gasteiger partial charge in [0.1, 0.15) is 11.6 Å². The summed E-state index contributed by atoms with van der Waals surface area (Å²) in [4.78, 5) is 0. The van der Waals surface area contributed by atoms with E-state index in [0.717, 1.165) is 24.1 Å². The third-order valence-corrected chi connectivity index (χ3v) is 8.52. The Bertz CT molecular complexity index is 1240. The molecule has 0 unspecified atom stereocenters. The van der Waals surface area contributed by atoms with E-state index in [1.807, 2.05) is 0 Å². The number of benzene rings is 3. The highest BCUT2D eigenvalue weighted by Gasteiger charge is 2.44. The smallest absolute Gasteiger partial charge is 0.400 e. The Balaban J connectivity index is 1.18. The molecule has 0 saturated heterocycles. The highest BCUT2D eigenvalue weighted by atomic mass is 19.3. The molecule has 5 rings (SSSR count). The van der Waals surface area contributed by atoms with E-state index in [1.54, 1.807) is 0 Å². The summed E-state index contributed by atoms with van der Waals surface area (Å²) in [6.07, 6.45) is 3.50. The highest BCUT2D eigenvalue weighted by Crippen LogP contribution is 2.44. The summed E-state index contributed by atoms with van der Waals surface area (Å²) in [6.45, 7) is 2.32. The molecular weight excluding hydrogens is 495 g/mol. The zero-order valence-electron chi connectivity index (χ0n) is 21.5. The van der Waals surface area contributed by atoms with Crippen molar-refractivity contribution in [2.45, 2.75) is 76.2 Å². The van der Waals surface area contributed by atoms with Crippen molar-refractivity contribution in [2.24, 2.45) is 11.8 Å². The summed E-state index contributed by atoms with van der Waals surface area (Å²) in [5.41, 5.74) is 2.68. The van der Waals surface area contributed by atoms with Gasteiger partial charge >= 0.3 is 6.11 Å². The van der Waals surface area contributed by atoms with Crippen molar-refractivity contribution in [2.75, 3.05) is 0 Å². The van der Waals surface area contributed by atoms with Gasteiger partial charge in [0.05, 0.1) is 5.92 Å². The Hall–Kier alpha value is -2.89. The number of rotatable bonds is 6. The first-order chi connectivity index (χ1) is 18.2. The minimum Gasteiger partial charge on any atom is -0.432 e. The maximum atomic E-state index is 15.0. The van der Waals surface area contributed by atoms with E-state index in [0.29, 0.717) is 31.6 Å². The summed E-state index contributed by atoms with van der Waals surface area (Å²) in [5.74, 6) is -2.58. The second kappa shape index (κ2) is 11.1. The van der Waals surface area contributed by atoms with Crippen LogP contribution >= 0.6 is 0 Å². The van der Waals surface area contributed by atoms with Crippen LogP contribution in [-0.4, -0.2) is 6.11 Å². The molecule has 0 heterocycles. The zero-order valence-corrected chi connectivity index (χ0v) is 21.5. The predicted molar refractivity (Wildman–Crippen MR) is 139 cm³/mol. The summed E-state index contributed by atoms with van der Waals surface area (Å²) >= 11 is 0. The molecule has 3 aromatic carbocycles. The maximum Gasteiger partial charge on any atom is 0.400 e. The Morgan fingerprint density at radius 1 is 0.632 bits per heavy atom. The number of alkyl halides is 2. The van der Waals surface area contributed by atoms with Crippen LogP contribution in [0.15, 0.2) is 60.7 Å².